The topological polar surface area (TPSA) is 38.3 Å². The van der Waals surface area contributed by atoms with Crippen molar-refractivity contribution < 1.29 is 9.53 Å². The van der Waals surface area contributed by atoms with Crippen LogP contribution in [0.15, 0.2) is 54.6 Å². The van der Waals surface area contributed by atoms with Gasteiger partial charge in [-0.05, 0) is 43.5 Å². The van der Waals surface area contributed by atoms with Crippen LogP contribution < -0.4 is 10.1 Å². The molecule has 0 radical (unpaired) electrons. The molecule has 0 saturated heterocycles. The van der Waals surface area contributed by atoms with Crippen LogP contribution in [0.5, 0.6) is 5.75 Å². The number of benzene rings is 2. The Morgan fingerprint density at radius 1 is 1.09 bits per heavy atom. The van der Waals surface area contributed by atoms with E-state index in [9.17, 15) is 4.79 Å². The zero-order valence-electron chi connectivity index (χ0n) is 13.4. The molecular weight excluding hydrogens is 274 g/mol. The molecule has 116 valence electrons. The van der Waals surface area contributed by atoms with Gasteiger partial charge < -0.3 is 10.1 Å². The lowest BCUT2D eigenvalue weighted by Gasteiger charge is -2.20. The lowest BCUT2D eigenvalue weighted by Crippen LogP contribution is -2.30. The monoisotopic (exact) mass is 297 g/mol. The van der Waals surface area contributed by atoms with E-state index in [1.165, 1.54) is 12.5 Å². The normalized spacial score (nSPS) is 13.4. The molecule has 2 aromatic rings. The van der Waals surface area contributed by atoms with Crippen molar-refractivity contribution in [3.05, 3.63) is 65.7 Å². The maximum absolute atomic E-state index is 11.0. The summed E-state index contributed by atoms with van der Waals surface area (Å²) in [6, 6.07) is 18.7. The van der Waals surface area contributed by atoms with Crippen molar-refractivity contribution >= 4 is 5.97 Å². The van der Waals surface area contributed by atoms with Gasteiger partial charge in [0.2, 0.25) is 0 Å². The minimum Gasteiger partial charge on any atom is -0.427 e. The zero-order chi connectivity index (χ0) is 15.9. The summed E-state index contributed by atoms with van der Waals surface area (Å²) in [5.41, 5.74) is 2.43. The van der Waals surface area contributed by atoms with E-state index < -0.39 is 0 Å². The largest absolute Gasteiger partial charge is 0.427 e. The maximum atomic E-state index is 11.0. The molecule has 2 aromatic carbocycles. The van der Waals surface area contributed by atoms with E-state index in [4.69, 9.17) is 4.74 Å². The highest BCUT2D eigenvalue weighted by atomic mass is 16.5. The molecule has 0 fully saturated rings. The average molecular weight is 297 g/mol. The van der Waals surface area contributed by atoms with Gasteiger partial charge in [-0.15, -0.1) is 0 Å². The van der Waals surface area contributed by atoms with Gasteiger partial charge >= 0.3 is 5.97 Å². The highest BCUT2D eigenvalue weighted by molar-refractivity contribution is 5.69. The minimum absolute atomic E-state index is 0.291. The van der Waals surface area contributed by atoms with Crippen LogP contribution in [0.2, 0.25) is 0 Å². The van der Waals surface area contributed by atoms with Crippen molar-refractivity contribution in [3.8, 4) is 5.75 Å². The number of rotatable bonds is 6. The molecule has 0 bridgehead atoms. The molecule has 22 heavy (non-hydrogen) atoms. The Bertz CT molecular complexity index is 610. The van der Waals surface area contributed by atoms with E-state index in [2.05, 4.69) is 49.5 Å². The molecule has 0 aliphatic carbocycles. The van der Waals surface area contributed by atoms with Crippen molar-refractivity contribution in [2.45, 2.75) is 39.3 Å². The molecule has 0 aliphatic heterocycles. The molecule has 1 N–H and O–H groups in total. The third kappa shape index (κ3) is 5.01. The second kappa shape index (κ2) is 7.76. The standard InChI is InChI=1S/C19H23NO2/c1-14(20-15(2)18-9-5-4-6-10-18)12-17-8-7-11-19(13-17)22-16(3)21/h4-11,13-15,20H,12H2,1-3H3/t14-,15-/m1/s1. The van der Waals surface area contributed by atoms with Crippen LogP contribution in [0.4, 0.5) is 0 Å². The van der Waals surface area contributed by atoms with Crippen LogP contribution in [-0.4, -0.2) is 12.0 Å². The molecule has 3 nitrogen and oxygen atoms in total. The molecule has 0 heterocycles. The summed E-state index contributed by atoms with van der Waals surface area (Å²) in [4.78, 5) is 11.0. The summed E-state index contributed by atoms with van der Waals surface area (Å²) < 4.78 is 5.13. The second-order valence-electron chi connectivity index (χ2n) is 5.65. The van der Waals surface area contributed by atoms with Crippen LogP contribution in [0.1, 0.15) is 37.9 Å². The number of nitrogens with one attached hydrogen (secondary N) is 1. The predicted molar refractivity (Wildman–Crippen MR) is 88.9 cm³/mol. The van der Waals surface area contributed by atoms with Gasteiger partial charge in [-0.1, -0.05) is 42.5 Å². The average Bonchev–Trinajstić information content (AvgIpc) is 2.47. The number of hydrogen-bond donors (Lipinski definition) is 1. The highest BCUT2D eigenvalue weighted by Crippen LogP contribution is 2.17. The van der Waals surface area contributed by atoms with Gasteiger partial charge in [-0.25, -0.2) is 0 Å². The number of carbonyl (C=O) groups excluding carboxylic acids is 1. The Labute approximate surface area is 132 Å². The lowest BCUT2D eigenvalue weighted by molar-refractivity contribution is -0.131. The second-order valence-corrected chi connectivity index (χ2v) is 5.65. The van der Waals surface area contributed by atoms with Gasteiger partial charge in [-0.3, -0.25) is 4.79 Å². The van der Waals surface area contributed by atoms with E-state index in [0.717, 1.165) is 12.0 Å². The third-order valence-electron chi connectivity index (χ3n) is 3.54. The molecule has 0 saturated carbocycles. The van der Waals surface area contributed by atoms with Crippen molar-refractivity contribution in [1.82, 2.24) is 5.32 Å². The van der Waals surface area contributed by atoms with E-state index >= 15 is 0 Å². The van der Waals surface area contributed by atoms with E-state index in [-0.39, 0.29) is 5.97 Å². The SMILES string of the molecule is CC(=O)Oc1cccc(C[C@@H](C)N[C@H](C)c2ccccc2)c1. The van der Waals surface area contributed by atoms with E-state index in [1.54, 1.807) is 6.07 Å². The maximum Gasteiger partial charge on any atom is 0.308 e. The fraction of sp³-hybridized carbons (Fsp3) is 0.316. The minimum atomic E-state index is -0.291. The van der Waals surface area contributed by atoms with Gasteiger partial charge in [-0.2, -0.15) is 0 Å². The van der Waals surface area contributed by atoms with Crippen LogP contribution in [0.3, 0.4) is 0 Å². The molecule has 0 unspecified atom stereocenters. The smallest absolute Gasteiger partial charge is 0.308 e. The molecule has 2 atom stereocenters. The Morgan fingerprint density at radius 2 is 1.82 bits per heavy atom. The fourth-order valence-electron chi connectivity index (χ4n) is 2.58. The lowest BCUT2D eigenvalue weighted by atomic mass is 10.0. The molecule has 0 amide bonds. The first-order chi connectivity index (χ1) is 10.5. The van der Waals surface area contributed by atoms with Crippen LogP contribution in [-0.2, 0) is 11.2 Å². The summed E-state index contributed by atoms with van der Waals surface area (Å²) in [5.74, 6) is 0.314. The molecule has 0 spiro atoms. The molecule has 3 heteroatoms. The van der Waals surface area contributed by atoms with Gasteiger partial charge in [0.25, 0.3) is 0 Å². The summed E-state index contributed by atoms with van der Waals surface area (Å²) in [5, 5.41) is 3.60. The number of hydrogen-bond acceptors (Lipinski definition) is 3. The third-order valence-corrected chi connectivity index (χ3v) is 3.54. The van der Waals surface area contributed by atoms with Crippen LogP contribution >= 0.6 is 0 Å². The Hall–Kier alpha value is -2.13. The van der Waals surface area contributed by atoms with Gasteiger partial charge in [0.05, 0.1) is 0 Å². The zero-order valence-corrected chi connectivity index (χ0v) is 13.4. The van der Waals surface area contributed by atoms with Crippen LogP contribution in [0, 0.1) is 0 Å². The molecule has 2 rings (SSSR count). The summed E-state index contributed by atoms with van der Waals surface area (Å²) in [6.45, 7) is 5.75. The molecular formula is C19H23NO2. The quantitative estimate of drug-likeness (QED) is 0.649. The summed E-state index contributed by atoms with van der Waals surface area (Å²) in [7, 11) is 0. The first kappa shape index (κ1) is 16.2. The van der Waals surface area contributed by atoms with Crippen LogP contribution in [0.25, 0.3) is 0 Å². The first-order valence-electron chi connectivity index (χ1n) is 7.63. The predicted octanol–water partition coefficient (Wildman–Crippen LogP) is 3.89. The van der Waals surface area contributed by atoms with E-state index in [0.29, 0.717) is 17.8 Å². The van der Waals surface area contributed by atoms with Gasteiger partial charge in [0.1, 0.15) is 5.75 Å². The number of carbonyl (C=O) groups is 1. The van der Waals surface area contributed by atoms with Gasteiger partial charge in [0, 0.05) is 19.0 Å². The van der Waals surface area contributed by atoms with Crippen molar-refractivity contribution in [3.63, 3.8) is 0 Å². The molecule has 0 aromatic heterocycles. The van der Waals surface area contributed by atoms with E-state index in [1.807, 2.05) is 18.2 Å². The van der Waals surface area contributed by atoms with Crippen molar-refractivity contribution in [2.24, 2.45) is 0 Å². The fourth-order valence-corrected chi connectivity index (χ4v) is 2.58. The van der Waals surface area contributed by atoms with Gasteiger partial charge in [0.15, 0.2) is 0 Å². The summed E-state index contributed by atoms with van der Waals surface area (Å²) >= 11 is 0. The van der Waals surface area contributed by atoms with Crippen molar-refractivity contribution in [2.75, 3.05) is 0 Å². The Kier molecular flexibility index (Phi) is 5.73. The first-order valence-corrected chi connectivity index (χ1v) is 7.63. The number of esters is 1. The van der Waals surface area contributed by atoms with Crippen molar-refractivity contribution in [1.29, 1.82) is 0 Å². The Morgan fingerprint density at radius 3 is 2.50 bits per heavy atom. The Balaban J connectivity index is 1.94. The highest BCUT2D eigenvalue weighted by Gasteiger charge is 2.10. The number of ether oxygens (including phenoxy) is 1. The summed E-state index contributed by atoms with van der Waals surface area (Å²) in [6.07, 6.45) is 0.881. The molecule has 0 aliphatic rings.